The number of pyridine rings is 1. The van der Waals surface area contributed by atoms with Gasteiger partial charge in [-0.25, -0.2) is 0 Å². The number of hydrogen-bond acceptors (Lipinski definition) is 4. The average molecular weight is 214 g/mol. The van der Waals surface area contributed by atoms with Gasteiger partial charge in [-0.1, -0.05) is 0 Å². The lowest BCUT2D eigenvalue weighted by atomic mass is 10.2. The van der Waals surface area contributed by atoms with E-state index in [1.54, 1.807) is 0 Å². The Balaban J connectivity index is 2.95. The summed E-state index contributed by atoms with van der Waals surface area (Å²) in [5, 5.41) is 7.20. The SMILES string of the molecule is N=C(N)c1ccncc1OC(=O)CCl. The van der Waals surface area contributed by atoms with Crippen molar-refractivity contribution in [3.63, 3.8) is 0 Å². The number of aromatic nitrogens is 1. The zero-order chi connectivity index (χ0) is 10.6. The summed E-state index contributed by atoms with van der Waals surface area (Å²) in [6, 6.07) is 1.49. The van der Waals surface area contributed by atoms with Gasteiger partial charge in [0.05, 0.1) is 11.8 Å². The van der Waals surface area contributed by atoms with E-state index in [4.69, 9.17) is 27.5 Å². The fourth-order valence-corrected chi connectivity index (χ4v) is 0.888. The second-order valence-corrected chi connectivity index (χ2v) is 2.66. The molecule has 0 aliphatic rings. The number of esters is 1. The highest BCUT2D eigenvalue weighted by Crippen LogP contribution is 2.15. The van der Waals surface area contributed by atoms with Gasteiger partial charge < -0.3 is 10.5 Å². The molecular weight excluding hydrogens is 206 g/mol. The van der Waals surface area contributed by atoms with E-state index >= 15 is 0 Å². The Morgan fingerprint density at radius 2 is 2.43 bits per heavy atom. The summed E-state index contributed by atoms with van der Waals surface area (Å²) in [7, 11) is 0. The molecule has 1 aromatic rings. The van der Waals surface area contributed by atoms with Gasteiger partial charge in [-0.05, 0) is 6.07 Å². The van der Waals surface area contributed by atoms with Crippen LogP contribution in [0.15, 0.2) is 18.5 Å². The van der Waals surface area contributed by atoms with Gasteiger partial charge >= 0.3 is 5.97 Å². The topological polar surface area (TPSA) is 89.1 Å². The predicted molar refractivity (Wildman–Crippen MR) is 51.6 cm³/mol. The maximum absolute atomic E-state index is 10.9. The normalized spacial score (nSPS) is 9.50. The Kier molecular flexibility index (Phi) is 3.41. The maximum atomic E-state index is 10.9. The number of hydrogen-bond donors (Lipinski definition) is 2. The van der Waals surface area contributed by atoms with Crippen molar-refractivity contribution in [2.45, 2.75) is 0 Å². The molecule has 0 bridgehead atoms. The van der Waals surface area contributed by atoms with Gasteiger partial charge in [0.15, 0.2) is 5.75 Å². The van der Waals surface area contributed by atoms with Gasteiger partial charge in [-0.15, -0.1) is 11.6 Å². The van der Waals surface area contributed by atoms with Crippen LogP contribution < -0.4 is 10.5 Å². The third kappa shape index (κ3) is 2.43. The monoisotopic (exact) mass is 213 g/mol. The van der Waals surface area contributed by atoms with Crippen molar-refractivity contribution < 1.29 is 9.53 Å². The zero-order valence-corrected chi connectivity index (χ0v) is 7.91. The molecule has 1 heterocycles. The van der Waals surface area contributed by atoms with Crippen LogP contribution in [0.25, 0.3) is 0 Å². The summed E-state index contributed by atoms with van der Waals surface area (Å²) in [6.07, 6.45) is 2.76. The van der Waals surface area contributed by atoms with Crippen molar-refractivity contribution in [2.75, 3.05) is 5.88 Å². The van der Waals surface area contributed by atoms with Gasteiger partial charge in [0.25, 0.3) is 0 Å². The van der Waals surface area contributed by atoms with Crippen molar-refractivity contribution in [3.8, 4) is 5.75 Å². The van der Waals surface area contributed by atoms with Gasteiger partial charge in [-0.2, -0.15) is 0 Å². The molecule has 0 fully saturated rings. The van der Waals surface area contributed by atoms with Gasteiger partial charge in [0, 0.05) is 6.20 Å². The Hall–Kier alpha value is -1.62. The largest absolute Gasteiger partial charge is 0.423 e. The Labute approximate surface area is 85.3 Å². The standard InChI is InChI=1S/C8H8ClN3O2/c9-3-7(13)14-6-4-12-2-1-5(6)8(10)11/h1-2,4H,3H2,(H3,10,11). The summed E-state index contributed by atoms with van der Waals surface area (Å²) >= 11 is 5.25. The molecule has 14 heavy (non-hydrogen) atoms. The van der Waals surface area contributed by atoms with Crippen LogP contribution in [-0.2, 0) is 4.79 Å². The quantitative estimate of drug-likeness (QED) is 0.331. The molecule has 1 aromatic heterocycles. The second-order valence-electron chi connectivity index (χ2n) is 2.39. The maximum Gasteiger partial charge on any atom is 0.326 e. The van der Waals surface area contributed by atoms with Crippen molar-refractivity contribution >= 4 is 23.4 Å². The molecular formula is C8H8ClN3O2. The van der Waals surface area contributed by atoms with Crippen LogP contribution in [0, 0.1) is 5.41 Å². The fraction of sp³-hybridized carbons (Fsp3) is 0.125. The molecule has 0 unspecified atom stereocenters. The number of carbonyl (C=O) groups excluding carboxylic acids is 1. The number of halogens is 1. The molecule has 5 nitrogen and oxygen atoms in total. The molecule has 74 valence electrons. The van der Waals surface area contributed by atoms with Crippen LogP contribution >= 0.6 is 11.6 Å². The summed E-state index contributed by atoms with van der Waals surface area (Å²) in [6.45, 7) is 0. The second kappa shape index (κ2) is 4.57. The number of amidine groups is 1. The Morgan fingerprint density at radius 1 is 1.71 bits per heavy atom. The smallest absolute Gasteiger partial charge is 0.326 e. The third-order valence-corrected chi connectivity index (χ3v) is 1.63. The summed E-state index contributed by atoms with van der Waals surface area (Å²) in [5.74, 6) is -0.913. The first-order valence-corrected chi connectivity index (χ1v) is 4.23. The number of nitrogens with zero attached hydrogens (tertiary/aromatic N) is 1. The molecule has 0 saturated carbocycles. The van der Waals surface area contributed by atoms with Crippen LogP contribution in [0.2, 0.25) is 0 Å². The number of ether oxygens (including phenoxy) is 1. The predicted octanol–water partition coefficient (Wildman–Crippen LogP) is 0.510. The van der Waals surface area contributed by atoms with E-state index in [9.17, 15) is 4.79 Å². The Bertz CT molecular complexity index is 367. The molecule has 1 rings (SSSR count). The molecule has 0 aromatic carbocycles. The van der Waals surface area contributed by atoms with E-state index in [0.717, 1.165) is 0 Å². The highest BCUT2D eigenvalue weighted by atomic mass is 35.5. The number of nitrogens with two attached hydrogens (primary N) is 1. The lowest BCUT2D eigenvalue weighted by Gasteiger charge is -2.06. The summed E-state index contributed by atoms with van der Waals surface area (Å²) in [4.78, 5) is 14.6. The molecule has 6 heteroatoms. The molecule has 0 radical (unpaired) electrons. The van der Waals surface area contributed by atoms with Crippen molar-refractivity contribution in [1.82, 2.24) is 4.98 Å². The average Bonchev–Trinajstić information content (AvgIpc) is 2.18. The van der Waals surface area contributed by atoms with Crippen LogP contribution in [0.4, 0.5) is 0 Å². The number of alkyl halides is 1. The lowest BCUT2D eigenvalue weighted by Crippen LogP contribution is -2.16. The molecule has 0 saturated heterocycles. The van der Waals surface area contributed by atoms with Crippen LogP contribution in [-0.4, -0.2) is 22.7 Å². The fourth-order valence-electron chi connectivity index (χ4n) is 0.834. The minimum atomic E-state index is -0.609. The lowest BCUT2D eigenvalue weighted by molar-refractivity contribution is -0.131. The first kappa shape index (κ1) is 10.5. The minimum absolute atomic E-state index is 0.144. The molecule has 0 amide bonds. The van der Waals surface area contributed by atoms with E-state index in [2.05, 4.69) is 4.98 Å². The van der Waals surface area contributed by atoms with Crippen molar-refractivity contribution in [3.05, 3.63) is 24.0 Å². The van der Waals surface area contributed by atoms with Gasteiger partial charge in [-0.3, -0.25) is 15.2 Å². The number of rotatable bonds is 3. The van der Waals surface area contributed by atoms with Crippen molar-refractivity contribution in [1.29, 1.82) is 5.41 Å². The minimum Gasteiger partial charge on any atom is -0.423 e. The molecule has 0 aliphatic heterocycles. The highest BCUT2D eigenvalue weighted by Gasteiger charge is 2.09. The molecule has 0 atom stereocenters. The van der Waals surface area contributed by atoms with Crippen LogP contribution in [0.3, 0.4) is 0 Å². The number of nitrogen functional groups attached to an aromatic ring is 1. The zero-order valence-electron chi connectivity index (χ0n) is 7.16. The van der Waals surface area contributed by atoms with E-state index in [-0.39, 0.29) is 17.5 Å². The highest BCUT2D eigenvalue weighted by molar-refractivity contribution is 6.26. The third-order valence-electron chi connectivity index (χ3n) is 1.41. The van der Waals surface area contributed by atoms with Gasteiger partial charge in [0.1, 0.15) is 11.7 Å². The van der Waals surface area contributed by atoms with Crippen molar-refractivity contribution in [2.24, 2.45) is 5.73 Å². The summed E-state index contributed by atoms with van der Waals surface area (Å²) in [5.41, 5.74) is 5.58. The number of nitrogens with one attached hydrogen (secondary N) is 1. The van der Waals surface area contributed by atoms with Gasteiger partial charge in [0.2, 0.25) is 0 Å². The first-order valence-electron chi connectivity index (χ1n) is 3.70. The van der Waals surface area contributed by atoms with Crippen LogP contribution in [0.1, 0.15) is 5.56 Å². The van der Waals surface area contributed by atoms with E-state index < -0.39 is 5.97 Å². The molecule has 3 N–H and O–H groups in total. The Morgan fingerprint density at radius 3 is 3.00 bits per heavy atom. The first-order chi connectivity index (χ1) is 6.65. The molecule has 0 spiro atoms. The van der Waals surface area contributed by atoms with E-state index in [0.29, 0.717) is 5.56 Å². The summed E-state index contributed by atoms with van der Waals surface area (Å²) < 4.78 is 4.80. The van der Waals surface area contributed by atoms with E-state index in [1.807, 2.05) is 0 Å². The molecule has 0 aliphatic carbocycles. The van der Waals surface area contributed by atoms with E-state index in [1.165, 1.54) is 18.5 Å². The van der Waals surface area contributed by atoms with Crippen LogP contribution in [0.5, 0.6) is 5.75 Å². The number of carbonyl (C=O) groups is 1.